The summed E-state index contributed by atoms with van der Waals surface area (Å²) in [5, 5.41) is 12.4. The normalized spacial score (nSPS) is 10.3. The second kappa shape index (κ2) is 3.63. The molecule has 2 aromatic heterocycles. The molecule has 0 amide bonds. The lowest BCUT2D eigenvalue weighted by Gasteiger charge is -1.97. The van der Waals surface area contributed by atoms with Gasteiger partial charge in [0, 0.05) is 17.1 Å². The Labute approximate surface area is 84.6 Å². The van der Waals surface area contributed by atoms with Gasteiger partial charge >= 0.3 is 0 Å². The number of thiophene rings is 1. The van der Waals surface area contributed by atoms with Crippen molar-refractivity contribution in [1.29, 1.82) is 0 Å². The van der Waals surface area contributed by atoms with Gasteiger partial charge in [-0.05, 0) is 11.4 Å². The van der Waals surface area contributed by atoms with Gasteiger partial charge in [0.15, 0.2) is 0 Å². The molecule has 0 radical (unpaired) electrons. The standard InChI is InChI=1S/C9H8N2O2S/c12-11(13)8-3-4-10(6-8)7-9-2-1-5-14-9/h1-6H,7H2. The Morgan fingerprint density at radius 2 is 2.36 bits per heavy atom. The maximum absolute atomic E-state index is 10.4. The largest absolute Gasteiger partial charge is 0.343 e. The summed E-state index contributed by atoms with van der Waals surface area (Å²) in [6.45, 7) is 0.700. The molecule has 0 bridgehead atoms. The van der Waals surface area contributed by atoms with Gasteiger partial charge in [0.25, 0.3) is 5.69 Å². The van der Waals surface area contributed by atoms with Crippen LogP contribution in [0.3, 0.4) is 0 Å². The van der Waals surface area contributed by atoms with E-state index in [1.165, 1.54) is 10.9 Å². The van der Waals surface area contributed by atoms with Crippen LogP contribution in [-0.2, 0) is 6.54 Å². The molecule has 0 aliphatic rings. The number of nitro groups is 1. The molecule has 72 valence electrons. The average Bonchev–Trinajstić information content (AvgIpc) is 2.75. The number of rotatable bonds is 3. The zero-order chi connectivity index (χ0) is 9.97. The lowest BCUT2D eigenvalue weighted by Crippen LogP contribution is -1.93. The predicted molar refractivity (Wildman–Crippen MR) is 54.5 cm³/mol. The molecule has 0 saturated heterocycles. The van der Waals surface area contributed by atoms with Crippen LogP contribution >= 0.6 is 11.3 Å². The Morgan fingerprint density at radius 3 is 2.93 bits per heavy atom. The molecule has 0 saturated carbocycles. The topological polar surface area (TPSA) is 48.1 Å². The first-order valence-electron chi connectivity index (χ1n) is 4.08. The minimum absolute atomic E-state index is 0.140. The molecule has 5 heteroatoms. The maximum atomic E-state index is 10.4. The maximum Gasteiger partial charge on any atom is 0.286 e. The fourth-order valence-corrected chi connectivity index (χ4v) is 1.93. The molecule has 0 aliphatic carbocycles. The number of aromatic nitrogens is 1. The van der Waals surface area contributed by atoms with Gasteiger partial charge in [-0.3, -0.25) is 10.1 Å². The van der Waals surface area contributed by atoms with E-state index in [-0.39, 0.29) is 10.6 Å². The van der Waals surface area contributed by atoms with E-state index in [1.807, 2.05) is 22.1 Å². The summed E-state index contributed by atoms with van der Waals surface area (Å²) < 4.78 is 1.81. The van der Waals surface area contributed by atoms with E-state index >= 15 is 0 Å². The van der Waals surface area contributed by atoms with Crippen LogP contribution in [-0.4, -0.2) is 9.49 Å². The van der Waals surface area contributed by atoms with Crippen molar-refractivity contribution < 1.29 is 4.92 Å². The third-order valence-electron chi connectivity index (χ3n) is 1.86. The summed E-state index contributed by atoms with van der Waals surface area (Å²) in [6, 6.07) is 5.49. The van der Waals surface area contributed by atoms with Crippen molar-refractivity contribution in [3.8, 4) is 0 Å². The second-order valence-electron chi connectivity index (χ2n) is 2.88. The lowest BCUT2D eigenvalue weighted by atomic mass is 10.5. The minimum atomic E-state index is -0.384. The van der Waals surface area contributed by atoms with E-state index in [0.717, 1.165) is 0 Å². The third kappa shape index (κ3) is 1.82. The molecule has 0 unspecified atom stereocenters. The van der Waals surface area contributed by atoms with Crippen LogP contribution in [0.4, 0.5) is 5.69 Å². The molecule has 0 atom stereocenters. The molecule has 0 fully saturated rings. The van der Waals surface area contributed by atoms with Crippen molar-refractivity contribution in [1.82, 2.24) is 4.57 Å². The summed E-state index contributed by atoms with van der Waals surface area (Å²) in [4.78, 5) is 11.2. The number of hydrogen-bond acceptors (Lipinski definition) is 3. The molecular weight excluding hydrogens is 200 g/mol. The molecule has 0 aliphatic heterocycles. The Kier molecular flexibility index (Phi) is 2.32. The molecule has 2 aromatic rings. The van der Waals surface area contributed by atoms with Crippen molar-refractivity contribution in [3.63, 3.8) is 0 Å². The lowest BCUT2D eigenvalue weighted by molar-refractivity contribution is -0.384. The summed E-state index contributed by atoms with van der Waals surface area (Å²) in [5.41, 5.74) is 0.140. The van der Waals surface area contributed by atoms with Gasteiger partial charge in [0.2, 0.25) is 0 Å². The van der Waals surface area contributed by atoms with E-state index in [1.54, 1.807) is 23.7 Å². The van der Waals surface area contributed by atoms with Crippen molar-refractivity contribution in [2.75, 3.05) is 0 Å². The Balaban J connectivity index is 2.14. The average molecular weight is 208 g/mol. The Bertz CT molecular complexity index is 433. The summed E-state index contributed by atoms with van der Waals surface area (Å²) in [7, 11) is 0. The highest BCUT2D eigenvalue weighted by atomic mass is 32.1. The zero-order valence-corrected chi connectivity index (χ0v) is 8.11. The van der Waals surface area contributed by atoms with Crippen LogP contribution in [0, 0.1) is 10.1 Å². The smallest absolute Gasteiger partial charge is 0.286 e. The van der Waals surface area contributed by atoms with E-state index < -0.39 is 0 Å². The van der Waals surface area contributed by atoms with Gasteiger partial charge in [0.05, 0.1) is 17.7 Å². The number of hydrogen-bond donors (Lipinski definition) is 0. The highest BCUT2D eigenvalue weighted by molar-refractivity contribution is 7.09. The van der Waals surface area contributed by atoms with Crippen molar-refractivity contribution in [2.24, 2.45) is 0 Å². The highest BCUT2D eigenvalue weighted by Crippen LogP contribution is 2.15. The van der Waals surface area contributed by atoms with Crippen LogP contribution in [0.5, 0.6) is 0 Å². The van der Waals surface area contributed by atoms with Crippen LogP contribution < -0.4 is 0 Å². The molecule has 0 spiro atoms. The molecular formula is C9H8N2O2S. The second-order valence-corrected chi connectivity index (χ2v) is 3.91. The molecule has 14 heavy (non-hydrogen) atoms. The van der Waals surface area contributed by atoms with Gasteiger partial charge in [-0.2, -0.15) is 0 Å². The fourth-order valence-electron chi connectivity index (χ4n) is 1.22. The first-order chi connectivity index (χ1) is 6.75. The molecule has 0 aromatic carbocycles. The Hall–Kier alpha value is -1.62. The van der Waals surface area contributed by atoms with Gasteiger partial charge in [-0.25, -0.2) is 0 Å². The van der Waals surface area contributed by atoms with Crippen molar-refractivity contribution >= 4 is 17.0 Å². The monoisotopic (exact) mass is 208 g/mol. The van der Waals surface area contributed by atoms with Gasteiger partial charge in [-0.1, -0.05) is 6.07 Å². The fraction of sp³-hybridized carbons (Fsp3) is 0.111. The SMILES string of the molecule is O=[N+]([O-])c1ccn(Cc2cccs2)c1. The van der Waals surface area contributed by atoms with E-state index in [9.17, 15) is 10.1 Å². The van der Waals surface area contributed by atoms with Gasteiger partial charge < -0.3 is 4.57 Å². The predicted octanol–water partition coefficient (Wildman–Crippen LogP) is 2.51. The summed E-state index contributed by atoms with van der Waals surface area (Å²) in [6.07, 6.45) is 3.26. The van der Waals surface area contributed by atoms with Gasteiger partial charge in [0.1, 0.15) is 0 Å². The zero-order valence-electron chi connectivity index (χ0n) is 7.29. The third-order valence-corrected chi connectivity index (χ3v) is 2.73. The van der Waals surface area contributed by atoms with Crippen LogP contribution in [0.2, 0.25) is 0 Å². The highest BCUT2D eigenvalue weighted by Gasteiger charge is 2.06. The van der Waals surface area contributed by atoms with E-state index in [4.69, 9.17) is 0 Å². The molecule has 2 heterocycles. The summed E-state index contributed by atoms with van der Waals surface area (Å²) in [5.74, 6) is 0. The quantitative estimate of drug-likeness (QED) is 0.574. The molecule has 0 N–H and O–H groups in total. The Morgan fingerprint density at radius 1 is 1.50 bits per heavy atom. The summed E-state index contributed by atoms with van der Waals surface area (Å²) >= 11 is 1.64. The van der Waals surface area contributed by atoms with Crippen molar-refractivity contribution in [2.45, 2.75) is 6.54 Å². The van der Waals surface area contributed by atoms with Crippen LogP contribution in [0.1, 0.15) is 4.88 Å². The van der Waals surface area contributed by atoms with Gasteiger partial charge in [-0.15, -0.1) is 11.3 Å². The van der Waals surface area contributed by atoms with E-state index in [2.05, 4.69) is 0 Å². The molecule has 4 nitrogen and oxygen atoms in total. The number of nitrogens with zero attached hydrogens (tertiary/aromatic N) is 2. The first kappa shape index (κ1) is 8.96. The van der Waals surface area contributed by atoms with E-state index in [0.29, 0.717) is 6.54 Å². The first-order valence-corrected chi connectivity index (χ1v) is 4.96. The minimum Gasteiger partial charge on any atom is -0.343 e. The van der Waals surface area contributed by atoms with Crippen LogP contribution in [0.15, 0.2) is 36.0 Å². The molecule has 2 rings (SSSR count). The van der Waals surface area contributed by atoms with Crippen LogP contribution in [0.25, 0.3) is 0 Å². The van der Waals surface area contributed by atoms with Crippen molar-refractivity contribution in [3.05, 3.63) is 51.0 Å².